The van der Waals surface area contributed by atoms with Crippen LogP contribution in [-0.2, 0) is 12.8 Å². The molecule has 2 rings (SSSR count). The maximum Gasteiger partial charge on any atom is 0.120 e. The van der Waals surface area contributed by atoms with Crippen molar-refractivity contribution in [2.75, 3.05) is 13.1 Å². The van der Waals surface area contributed by atoms with Gasteiger partial charge in [0.05, 0.1) is 0 Å². The molecule has 19 heavy (non-hydrogen) atoms. The summed E-state index contributed by atoms with van der Waals surface area (Å²) in [6, 6.07) is 6.63. The van der Waals surface area contributed by atoms with E-state index in [4.69, 9.17) is 4.74 Å². The van der Waals surface area contributed by atoms with E-state index < -0.39 is 0 Å². The Kier molecular flexibility index (Phi) is 5.26. The van der Waals surface area contributed by atoms with Crippen LogP contribution in [0.3, 0.4) is 0 Å². The largest absolute Gasteiger partial charge is 0.489 e. The van der Waals surface area contributed by atoms with E-state index in [1.807, 2.05) is 0 Å². The second-order valence-corrected chi connectivity index (χ2v) is 5.89. The quantitative estimate of drug-likeness (QED) is 0.758. The van der Waals surface area contributed by atoms with Crippen LogP contribution in [0, 0.1) is 5.92 Å². The Morgan fingerprint density at radius 1 is 1.21 bits per heavy atom. The zero-order valence-corrected chi connectivity index (χ0v) is 12.5. The second kappa shape index (κ2) is 6.95. The summed E-state index contributed by atoms with van der Waals surface area (Å²) < 4.78 is 6.19. The van der Waals surface area contributed by atoms with Gasteiger partial charge in [-0.3, -0.25) is 0 Å². The first-order chi connectivity index (χ1) is 9.20. The Hall–Kier alpha value is -1.02. The smallest absolute Gasteiger partial charge is 0.120 e. The summed E-state index contributed by atoms with van der Waals surface area (Å²) in [4.78, 5) is 0. The van der Waals surface area contributed by atoms with Gasteiger partial charge in [0.2, 0.25) is 0 Å². The fraction of sp³-hybridized carbons (Fsp3) is 0.647. The topological polar surface area (TPSA) is 21.3 Å². The van der Waals surface area contributed by atoms with Gasteiger partial charge in [0.1, 0.15) is 11.9 Å². The SMILES string of the molecule is CCCNCC(Oc1ccc2c(c1)CCC2)C(C)C. The maximum atomic E-state index is 6.19. The first-order valence-corrected chi connectivity index (χ1v) is 7.70. The molecule has 1 aliphatic rings. The summed E-state index contributed by atoms with van der Waals surface area (Å²) in [6.45, 7) is 8.65. The number of hydrogen-bond acceptors (Lipinski definition) is 2. The molecule has 0 aliphatic heterocycles. The number of rotatable bonds is 7. The summed E-state index contributed by atoms with van der Waals surface area (Å²) in [5.41, 5.74) is 3.00. The van der Waals surface area contributed by atoms with Gasteiger partial charge >= 0.3 is 0 Å². The molecule has 0 heterocycles. The van der Waals surface area contributed by atoms with Crippen molar-refractivity contribution in [3.05, 3.63) is 29.3 Å². The van der Waals surface area contributed by atoms with E-state index in [-0.39, 0.29) is 6.10 Å². The van der Waals surface area contributed by atoms with Crippen molar-refractivity contribution in [2.24, 2.45) is 5.92 Å². The lowest BCUT2D eigenvalue weighted by atomic mass is 10.1. The average molecular weight is 261 g/mol. The predicted molar refractivity (Wildman–Crippen MR) is 80.9 cm³/mol. The molecule has 106 valence electrons. The number of hydrogen-bond donors (Lipinski definition) is 1. The third kappa shape index (κ3) is 3.97. The molecular weight excluding hydrogens is 234 g/mol. The van der Waals surface area contributed by atoms with Gasteiger partial charge < -0.3 is 10.1 Å². The molecule has 2 nitrogen and oxygen atoms in total. The van der Waals surface area contributed by atoms with Crippen LogP contribution in [0.15, 0.2) is 18.2 Å². The highest BCUT2D eigenvalue weighted by Gasteiger charge is 2.17. The molecule has 0 bridgehead atoms. The van der Waals surface area contributed by atoms with Gasteiger partial charge in [-0.2, -0.15) is 0 Å². The third-order valence-corrected chi connectivity index (χ3v) is 3.87. The summed E-state index contributed by atoms with van der Waals surface area (Å²) >= 11 is 0. The number of fused-ring (bicyclic) bond motifs is 1. The average Bonchev–Trinajstić information content (AvgIpc) is 2.85. The number of nitrogens with one attached hydrogen (secondary N) is 1. The van der Waals surface area contributed by atoms with Crippen LogP contribution in [0.25, 0.3) is 0 Å². The molecule has 1 aromatic carbocycles. The normalized spacial score (nSPS) is 15.6. The molecule has 0 aromatic heterocycles. The van der Waals surface area contributed by atoms with E-state index in [0.717, 1.165) is 18.8 Å². The summed E-state index contributed by atoms with van der Waals surface area (Å²) in [6.07, 6.45) is 5.17. The molecule has 0 radical (unpaired) electrons. The second-order valence-electron chi connectivity index (χ2n) is 5.89. The van der Waals surface area contributed by atoms with Crippen LogP contribution >= 0.6 is 0 Å². The van der Waals surface area contributed by atoms with E-state index in [1.54, 1.807) is 0 Å². The zero-order chi connectivity index (χ0) is 13.7. The van der Waals surface area contributed by atoms with Crippen LogP contribution in [0.2, 0.25) is 0 Å². The van der Waals surface area contributed by atoms with Crippen LogP contribution in [0.4, 0.5) is 0 Å². The monoisotopic (exact) mass is 261 g/mol. The molecule has 0 saturated carbocycles. The van der Waals surface area contributed by atoms with Crippen molar-refractivity contribution in [1.82, 2.24) is 5.32 Å². The lowest BCUT2D eigenvalue weighted by Gasteiger charge is -2.23. The van der Waals surface area contributed by atoms with Crippen molar-refractivity contribution in [1.29, 1.82) is 0 Å². The van der Waals surface area contributed by atoms with Gasteiger partial charge in [0, 0.05) is 6.54 Å². The molecule has 1 unspecified atom stereocenters. The van der Waals surface area contributed by atoms with Gasteiger partial charge in [0.25, 0.3) is 0 Å². The molecule has 1 atom stereocenters. The van der Waals surface area contributed by atoms with Crippen molar-refractivity contribution < 1.29 is 4.74 Å². The lowest BCUT2D eigenvalue weighted by Crippen LogP contribution is -2.35. The summed E-state index contributed by atoms with van der Waals surface area (Å²) in [5.74, 6) is 1.57. The third-order valence-electron chi connectivity index (χ3n) is 3.87. The van der Waals surface area contributed by atoms with Crippen LogP contribution < -0.4 is 10.1 Å². The van der Waals surface area contributed by atoms with Gasteiger partial charge in [-0.05, 0) is 61.4 Å². The van der Waals surface area contributed by atoms with E-state index in [2.05, 4.69) is 44.3 Å². The van der Waals surface area contributed by atoms with Crippen molar-refractivity contribution in [2.45, 2.75) is 52.6 Å². The van der Waals surface area contributed by atoms with Gasteiger partial charge in [-0.1, -0.05) is 26.8 Å². The highest BCUT2D eigenvalue weighted by Crippen LogP contribution is 2.27. The predicted octanol–water partition coefficient (Wildman–Crippen LogP) is 3.58. The molecule has 1 aliphatic carbocycles. The molecule has 2 heteroatoms. The lowest BCUT2D eigenvalue weighted by molar-refractivity contribution is 0.149. The van der Waals surface area contributed by atoms with Crippen LogP contribution in [0.1, 0.15) is 44.7 Å². The summed E-state index contributed by atoms with van der Waals surface area (Å²) in [5, 5.41) is 3.46. The highest BCUT2D eigenvalue weighted by atomic mass is 16.5. The summed E-state index contributed by atoms with van der Waals surface area (Å²) in [7, 11) is 0. The first-order valence-electron chi connectivity index (χ1n) is 7.70. The number of ether oxygens (including phenoxy) is 1. The van der Waals surface area contributed by atoms with Gasteiger partial charge in [-0.15, -0.1) is 0 Å². The minimum atomic E-state index is 0.256. The fourth-order valence-electron chi connectivity index (χ4n) is 2.63. The molecule has 0 amide bonds. The Labute approximate surface area is 117 Å². The Balaban J connectivity index is 1.96. The van der Waals surface area contributed by atoms with Crippen LogP contribution in [0.5, 0.6) is 5.75 Å². The molecule has 0 fully saturated rings. The van der Waals surface area contributed by atoms with Crippen molar-refractivity contribution >= 4 is 0 Å². The maximum absolute atomic E-state index is 6.19. The van der Waals surface area contributed by atoms with Crippen molar-refractivity contribution in [3.63, 3.8) is 0 Å². The Morgan fingerprint density at radius 3 is 2.74 bits per heavy atom. The Morgan fingerprint density at radius 2 is 2.00 bits per heavy atom. The van der Waals surface area contributed by atoms with Crippen LogP contribution in [-0.4, -0.2) is 19.2 Å². The molecule has 1 aromatic rings. The zero-order valence-electron chi connectivity index (χ0n) is 12.5. The van der Waals surface area contributed by atoms with E-state index in [1.165, 1.54) is 36.8 Å². The standard InChI is InChI=1S/C17H27NO/c1-4-10-18-12-17(13(2)3)19-16-9-8-14-6-5-7-15(14)11-16/h8-9,11,13,17-18H,4-7,10,12H2,1-3H3. The molecular formula is C17H27NO. The van der Waals surface area contributed by atoms with E-state index in [0.29, 0.717) is 5.92 Å². The Bertz CT molecular complexity index is 400. The van der Waals surface area contributed by atoms with Gasteiger partial charge in [0.15, 0.2) is 0 Å². The van der Waals surface area contributed by atoms with E-state index in [9.17, 15) is 0 Å². The number of benzene rings is 1. The highest BCUT2D eigenvalue weighted by molar-refractivity contribution is 5.38. The minimum absolute atomic E-state index is 0.256. The fourth-order valence-corrected chi connectivity index (χ4v) is 2.63. The molecule has 0 spiro atoms. The minimum Gasteiger partial charge on any atom is -0.489 e. The number of aryl methyl sites for hydroxylation is 2. The van der Waals surface area contributed by atoms with Crippen molar-refractivity contribution in [3.8, 4) is 5.75 Å². The molecule has 0 saturated heterocycles. The molecule has 1 N–H and O–H groups in total. The van der Waals surface area contributed by atoms with Gasteiger partial charge in [-0.25, -0.2) is 0 Å². The van der Waals surface area contributed by atoms with E-state index >= 15 is 0 Å². The first kappa shape index (κ1) is 14.4.